The second-order valence-electron chi connectivity index (χ2n) is 9.05. The van der Waals surface area contributed by atoms with E-state index in [2.05, 4.69) is 15.5 Å². The Morgan fingerprint density at radius 3 is 2.62 bits per heavy atom. The van der Waals surface area contributed by atoms with Crippen LogP contribution in [0.4, 0.5) is 4.39 Å². The fraction of sp³-hybridized carbons (Fsp3) is 0.400. The zero-order chi connectivity index (χ0) is 22.6. The van der Waals surface area contributed by atoms with Crippen molar-refractivity contribution in [1.82, 2.24) is 14.4 Å². The standard InChI is InChI=1S/C25H28FN3O3/c1-16(31)29-14-25(15-29)13-28(11-17-6-4-5-7-20(17)26)22(12-30)24-23(25)19-9-8-18(32-3)10-21(19)27(24)2/h4-10,22,30H,11-15H2,1-3H3/t22-/m0/s1. The number of amides is 1. The van der Waals surface area contributed by atoms with Gasteiger partial charge in [0, 0.05) is 68.3 Å². The molecule has 5 rings (SSSR count). The number of aryl methyl sites for hydroxylation is 1. The van der Waals surface area contributed by atoms with Crippen LogP contribution in [-0.4, -0.2) is 58.7 Å². The van der Waals surface area contributed by atoms with Gasteiger partial charge in [0.05, 0.1) is 25.3 Å². The van der Waals surface area contributed by atoms with E-state index in [1.54, 1.807) is 26.2 Å². The van der Waals surface area contributed by atoms with Crippen LogP contribution in [0.3, 0.4) is 0 Å². The molecular formula is C25H28FN3O3. The number of nitrogens with zero attached hydrogens (tertiary/aromatic N) is 3. The van der Waals surface area contributed by atoms with Gasteiger partial charge in [-0.3, -0.25) is 9.69 Å². The third-order valence-corrected chi connectivity index (χ3v) is 7.18. The summed E-state index contributed by atoms with van der Waals surface area (Å²) in [6.45, 7) is 3.80. The van der Waals surface area contributed by atoms with Crippen LogP contribution in [0.1, 0.15) is 29.8 Å². The Morgan fingerprint density at radius 1 is 1.22 bits per heavy atom. The largest absolute Gasteiger partial charge is 0.497 e. The van der Waals surface area contributed by atoms with E-state index in [0.717, 1.165) is 22.3 Å². The third-order valence-electron chi connectivity index (χ3n) is 7.18. The van der Waals surface area contributed by atoms with Crippen molar-refractivity contribution in [2.24, 2.45) is 7.05 Å². The molecule has 2 aliphatic rings. The number of rotatable bonds is 4. The number of halogens is 1. The summed E-state index contributed by atoms with van der Waals surface area (Å²) in [5.74, 6) is 0.584. The number of fused-ring (bicyclic) bond motifs is 4. The van der Waals surface area contributed by atoms with Crippen LogP contribution >= 0.6 is 0 Å². The second-order valence-corrected chi connectivity index (χ2v) is 9.05. The maximum atomic E-state index is 14.5. The molecule has 6 nitrogen and oxygen atoms in total. The van der Waals surface area contributed by atoms with Crippen molar-refractivity contribution >= 4 is 16.8 Å². The Bertz CT molecular complexity index is 1200. The minimum Gasteiger partial charge on any atom is -0.497 e. The first kappa shape index (κ1) is 21.0. The number of likely N-dealkylation sites (tertiary alicyclic amines) is 1. The summed E-state index contributed by atoms with van der Waals surface area (Å²) < 4.78 is 22.1. The molecule has 1 N–H and O–H groups in total. The molecular weight excluding hydrogens is 409 g/mol. The molecule has 2 aliphatic heterocycles. The second kappa shape index (κ2) is 7.60. The Hall–Kier alpha value is -2.90. The molecule has 0 saturated carbocycles. The molecule has 7 heteroatoms. The average molecular weight is 438 g/mol. The van der Waals surface area contributed by atoms with Crippen LogP contribution < -0.4 is 4.74 Å². The molecule has 1 spiro atoms. The molecule has 1 aromatic heterocycles. The van der Waals surface area contributed by atoms with Crippen molar-refractivity contribution in [1.29, 1.82) is 0 Å². The van der Waals surface area contributed by atoms with Gasteiger partial charge in [0.2, 0.25) is 5.91 Å². The summed E-state index contributed by atoms with van der Waals surface area (Å²) in [6.07, 6.45) is 0. The van der Waals surface area contributed by atoms with Gasteiger partial charge in [0.15, 0.2) is 0 Å². The van der Waals surface area contributed by atoms with Crippen molar-refractivity contribution in [3.63, 3.8) is 0 Å². The van der Waals surface area contributed by atoms with Gasteiger partial charge in [-0.15, -0.1) is 0 Å². The number of ether oxygens (including phenoxy) is 1. The van der Waals surface area contributed by atoms with Gasteiger partial charge in [0.25, 0.3) is 0 Å². The van der Waals surface area contributed by atoms with Crippen LogP contribution in [0.2, 0.25) is 0 Å². The zero-order valence-corrected chi connectivity index (χ0v) is 18.6. The summed E-state index contributed by atoms with van der Waals surface area (Å²) in [6, 6.07) is 12.6. The van der Waals surface area contributed by atoms with Crippen molar-refractivity contribution in [2.45, 2.75) is 24.9 Å². The first-order valence-corrected chi connectivity index (χ1v) is 10.9. The Kier molecular flexibility index (Phi) is 4.98. The number of aliphatic hydroxyl groups excluding tert-OH is 1. The number of benzene rings is 2. The van der Waals surface area contributed by atoms with Gasteiger partial charge in [-0.05, 0) is 23.8 Å². The summed E-state index contributed by atoms with van der Waals surface area (Å²) in [7, 11) is 3.65. The lowest BCUT2D eigenvalue weighted by atomic mass is 9.68. The van der Waals surface area contributed by atoms with Crippen LogP contribution in [0, 0.1) is 5.82 Å². The van der Waals surface area contributed by atoms with Gasteiger partial charge in [-0.25, -0.2) is 4.39 Å². The molecule has 2 aromatic carbocycles. The Morgan fingerprint density at radius 2 is 1.97 bits per heavy atom. The highest BCUT2D eigenvalue weighted by atomic mass is 19.1. The highest BCUT2D eigenvalue weighted by Crippen LogP contribution is 2.50. The molecule has 0 unspecified atom stereocenters. The third kappa shape index (κ3) is 3.03. The lowest BCUT2D eigenvalue weighted by Crippen LogP contribution is -2.67. The Labute approximate surface area is 186 Å². The highest BCUT2D eigenvalue weighted by molar-refractivity contribution is 5.89. The normalized spacial score (nSPS) is 19.8. The number of hydrogen-bond donors (Lipinski definition) is 1. The minimum atomic E-state index is -0.273. The highest BCUT2D eigenvalue weighted by Gasteiger charge is 2.54. The average Bonchev–Trinajstić information content (AvgIpc) is 3.05. The fourth-order valence-corrected chi connectivity index (χ4v) is 5.64. The Balaban J connectivity index is 1.67. The summed E-state index contributed by atoms with van der Waals surface area (Å²) in [4.78, 5) is 16.1. The molecule has 32 heavy (non-hydrogen) atoms. The van der Waals surface area contributed by atoms with Crippen LogP contribution in [0.5, 0.6) is 5.75 Å². The zero-order valence-electron chi connectivity index (χ0n) is 18.6. The van der Waals surface area contributed by atoms with Gasteiger partial charge in [-0.1, -0.05) is 18.2 Å². The maximum Gasteiger partial charge on any atom is 0.219 e. The lowest BCUT2D eigenvalue weighted by molar-refractivity contribution is -0.138. The van der Waals surface area contributed by atoms with Gasteiger partial charge in [-0.2, -0.15) is 0 Å². The fourth-order valence-electron chi connectivity index (χ4n) is 5.64. The van der Waals surface area contributed by atoms with E-state index in [0.29, 0.717) is 31.7 Å². The number of methoxy groups -OCH3 is 1. The van der Waals surface area contributed by atoms with Crippen LogP contribution in [-0.2, 0) is 23.8 Å². The number of aliphatic hydroxyl groups is 1. The topological polar surface area (TPSA) is 57.9 Å². The van der Waals surface area contributed by atoms with E-state index in [-0.39, 0.29) is 29.8 Å². The number of carbonyl (C=O) groups excluding carboxylic acids is 1. The van der Waals surface area contributed by atoms with E-state index in [1.165, 1.54) is 11.6 Å². The lowest BCUT2D eigenvalue weighted by Gasteiger charge is -2.56. The minimum absolute atomic E-state index is 0.0593. The van der Waals surface area contributed by atoms with Crippen molar-refractivity contribution in [2.75, 3.05) is 33.4 Å². The molecule has 0 radical (unpaired) electrons. The number of carbonyl (C=O) groups is 1. The van der Waals surface area contributed by atoms with E-state index in [4.69, 9.17) is 4.74 Å². The monoisotopic (exact) mass is 437 g/mol. The van der Waals surface area contributed by atoms with Crippen LogP contribution in [0.15, 0.2) is 42.5 Å². The van der Waals surface area contributed by atoms with Gasteiger partial charge < -0.3 is 19.3 Å². The van der Waals surface area contributed by atoms with E-state index in [1.807, 2.05) is 30.1 Å². The van der Waals surface area contributed by atoms with Gasteiger partial charge in [0.1, 0.15) is 11.6 Å². The first-order chi connectivity index (χ1) is 15.4. The molecule has 0 bridgehead atoms. The van der Waals surface area contributed by atoms with Gasteiger partial charge >= 0.3 is 0 Å². The summed E-state index contributed by atoms with van der Waals surface area (Å²) in [5, 5.41) is 11.6. The number of aromatic nitrogens is 1. The van der Waals surface area contributed by atoms with Crippen molar-refractivity contribution < 1.29 is 19.0 Å². The molecule has 0 aliphatic carbocycles. The quantitative estimate of drug-likeness (QED) is 0.682. The molecule has 1 fully saturated rings. The first-order valence-electron chi connectivity index (χ1n) is 10.9. The van der Waals surface area contributed by atoms with E-state index < -0.39 is 0 Å². The molecule has 1 saturated heterocycles. The van der Waals surface area contributed by atoms with Crippen molar-refractivity contribution in [3.8, 4) is 5.75 Å². The molecule has 3 aromatic rings. The molecule has 1 amide bonds. The molecule has 168 valence electrons. The summed E-state index contributed by atoms with van der Waals surface area (Å²) in [5.41, 5.74) is 3.60. The predicted molar refractivity (Wildman–Crippen MR) is 120 cm³/mol. The summed E-state index contributed by atoms with van der Waals surface area (Å²) >= 11 is 0. The number of hydrogen-bond acceptors (Lipinski definition) is 4. The molecule has 1 atom stereocenters. The van der Waals surface area contributed by atoms with Crippen LogP contribution in [0.25, 0.3) is 10.9 Å². The van der Waals surface area contributed by atoms with E-state index in [9.17, 15) is 14.3 Å². The van der Waals surface area contributed by atoms with E-state index >= 15 is 0 Å². The smallest absolute Gasteiger partial charge is 0.219 e. The predicted octanol–water partition coefficient (Wildman–Crippen LogP) is 2.98. The molecule has 3 heterocycles. The van der Waals surface area contributed by atoms with Crippen molar-refractivity contribution in [3.05, 3.63) is 65.1 Å². The maximum absolute atomic E-state index is 14.5. The SMILES string of the molecule is COc1ccc2c3c(n(C)c2c1)[C@H](CO)N(Cc1ccccc1F)CC31CN(C(C)=O)C1.